The van der Waals surface area contributed by atoms with E-state index in [9.17, 15) is 20.4 Å². The van der Waals surface area contributed by atoms with Gasteiger partial charge in [0, 0.05) is 0 Å². The highest BCUT2D eigenvalue weighted by Crippen LogP contribution is 2.28. The van der Waals surface area contributed by atoms with Crippen LogP contribution < -0.4 is 0 Å². The molecule has 1 aromatic heterocycles. The molecule has 5 unspecified atom stereocenters. The first-order valence-corrected chi connectivity index (χ1v) is 7.44. The molecule has 126 valence electrons. The van der Waals surface area contributed by atoms with Gasteiger partial charge in [0.05, 0.1) is 18.5 Å². The van der Waals surface area contributed by atoms with Crippen molar-refractivity contribution in [1.82, 2.24) is 15.0 Å². The second-order valence-corrected chi connectivity index (χ2v) is 6.97. The molecule has 8 nitrogen and oxygen atoms in total. The number of aryl methyl sites for hydroxylation is 1. The molecule has 1 saturated heterocycles. The number of ether oxygens (including phenoxy) is 1. The molecule has 0 aromatic carbocycles. The van der Waals surface area contributed by atoms with Gasteiger partial charge in [0.15, 0.2) is 6.23 Å². The predicted molar refractivity (Wildman–Crippen MR) is 76.8 cm³/mol. The molecule has 2 heterocycles. The molecule has 1 aromatic rings. The zero-order valence-electron chi connectivity index (χ0n) is 13.1. The van der Waals surface area contributed by atoms with Gasteiger partial charge < -0.3 is 25.2 Å². The monoisotopic (exact) mass is 315 g/mol. The summed E-state index contributed by atoms with van der Waals surface area (Å²) in [4.78, 5) is 0. The summed E-state index contributed by atoms with van der Waals surface area (Å²) < 4.78 is 6.75. The van der Waals surface area contributed by atoms with Crippen molar-refractivity contribution in [1.29, 1.82) is 0 Å². The topological polar surface area (TPSA) is 121 Å². The van der Waals surface area contributed by atoms with E-state index in [2.05, 4.69) is 31.1 Å². The highest BCUT2D eigenvalue weighted by molar-refractivity contribution is 4.97. The molecule has 5 atom stereocenters. The van der Waals surface area contributed by atoms with Gasteiger partial charge in [-0.3, -0.25) is 0 Å². The van der Waals surface area contributed by atoms with Crippen LogP contribution in [0.1, 0.15) is 39.1 Å². The number of aromatic nitrogens is 3. The maximum absolute atomic E-state index is 10.0. The van der Waals surface area contributed by atoms with Gasteiger partial charge in [-0.2, -0.15) is 0 Å². The van der Waals surface area contributed by atoms with Crippen LogP contribution >= 0.6 is 0 Å². The number of nitrogens with zero attached hydrogens (tertiary/aromatic N) is 3. The number of hydrogen-bond acceptors (Lipinski definition) is 7. The molecular weight excluding hydrogens is 290 g/mol. The fraction of sp³-hybridized carbons (Fsp3) is 0.857. The molecule has 0 saturated carbocycles. The minimum Gasteiger partial charge on any atom is -0.394 e. The Morgan fingerprint density at radius 2 is 1.86 bits per heavy atom. The van der Waals surface area contributed by atoms with Crippen LogP contribution in [-0.2, 0) is 11.2 Å². The molecule has 0 aliphatic carbocycles. The SMILES string of the molecule is CC(C)(C)CCc1cn(C2OC(CO)C(O)C(O)C2O)nn1. The summed E-state index contributed by atoms with van der Waals surface area (Å²) in [5.41, 5.74) is 0.930. The molecule has 22 heavy (non-hydrogen) atoms. The minimum absolute atomic E-state index is 0.174. The third-order valence-electron chi connectivity index (χ3n) is 3.82. The summed E-state index contributed by atoms with van der Waals surface area (Å²) in [6, 6.07) is 0. The van der Waals surface area contributed by atoms with Crippen molar-refractivity contribution < 1.29 is 25.2 Å². The molecule has 8 heteroatoms. The Morgan fingerprint density at radius 3 is 2.45 bits per heavy atom. The first kappa shape index (κ1) is 17.3. The van der Waals surface area contributed by atoms with Gasteiger partial charge in [-0.15, -0.1) is 5.10 Å². The van der Waals surface area contributed by atoms with Crippen molar-refractivity contribution in [2.75, 3.05) is 6.61 Å². The minimum atomic E-state index is -1.42. The number of aliphatic hydroxyl groups excluding tert-OH is 4. The predicted octanol–water partition coefficient (Wildman–Crippen LogP) is -0.771. The molecular formula is C14H25N3O5. The number of aliphatic hydroxyl groups is 4. The van der Waals surface area contributed by atoms with Crippen molar-refractivity contribution in [2.45, 2.75) is 64.3 Å². The van der Waals surface area contributed by atoms with E-state index in [1.54, 1.807) is 6.20 Å². The quantitative estimate of drug-likeness (QED) is 0.575. The van der Waals surface area contributed by atoms with Gasteiger partial charge in [-0.25, -0.2) is 4.68 Å². The fourth-order valence-corrected chi connectivity index (χ4v) is 2.36. The lowest BCUT2D eigenvalue weighted by atomic mass is 9.90. The Labute approximate surface area is 129 Å². The van der Waals surface area contributed by atoms with E-state index >= 15 is 0 Å². The van der Waals surface area contributed by atoms with E-state index in [1.807, 2.05) is 0 Å². The van der Waals surface area contributed by atoms with E-state index in [-0.39, 0.29) is 5.41 Å². The normalized spacial score (nSPS) is 33.1. The van der Waals surface area contributed by atoms with Crippen LogP contribution in [0.5, 0.6) is 0 Å². The van der Waals surface area contributed by atoms with Crippen molar-refractivity contribution in [3.05, 3.63) is 11.9 Å². The summed E-state index contributed by atoms with van der Waals surface area (Å²) in [6.45, 7) is 5.94. The Bertz CT molecular complexity index is 485. The third-order valence-corrected chi connectivity index (χ3v) is 3.82. The van der Waals surface area contributed by atoms with Crippen molar-refractivity contribution in [2.24, 2.45) is 5.41 Å². The molecule has 1 fully saturated rings. The van der Waals surface area contributed by atoms with Crippen LogP contribution in [0, 0.1) is 5.41 Å². The van der Waals surface area contributed by atoms with Gasteiger partial charge in [0.2, 0.25) is 0 Å². The van der Waals surface area contributed by atoms with Gasteiger partial charge in [0.25, 0.3) is 0 Å². The average Bonchev–Trinajstić information content (AvgIpc) is 2.91. The van der Waals surface area contributed by atoms with Gasteiger partial charge in [-0.1, -0.05) is 26.0 Å². The Morgan fingerprint density at radius 1 is 1.18 bits per heavy atom. The van der Waals surface area contributed by atoms with E-state index in [4.69, 9.17) is 4.74 Å². The van der Waals surface area contributed by atoms with Crippen LogP contribution in [0.15, 0.2) is 6.20 Å². The van der Waals surface area contributed by atoms with Crippen molar-refractivity contribution in [3.8, 4) is 0 Å². The summed E-state index contributed by atoms with van der Waals surface area (Å²) >= 11 is 0. The fourth-order valence-electron chi connectivity index (χ4n) is 2.36. The van der Waals surface area contributed by atoms with Gasteiger partial charge >= 0.3 is 0 Å². The van der Waals surface area contributed by atoms with Crippen LogP contribution in [0.4, 0.5) is 0 Å². The van der Waals surface area contributed by atoms with E-state index in [1.165, 1.54) is 4.68 Å². The molecule has 1 aliphatic rings. The number of hydrogen-bond donors (Lipinski definition) is 4. The smallest absolute Gasteiger partial charge is 0.180 e. The standard InChI is InChI=1S/C14H25N3O5/c1-14(2,3)5-4-8-6-17(16-15-8)13-12(21)11(20)10(19)9(7-18)22-13/h6,9-13,18-21H,4-5,7H2,1-3H3. The maximum Gasteiger partial charge on any atom is 0.180 e. The molecule has 0 radical (unpaired) electrons. The molecule has 0 spiro atoms. The lowest BCUT2D eigenvalue weighted by Crippen LogP contribution is -2.56. The zero-order valence-corrected chi connectivity index (χ0v) is 13.1. The molecule has 4 N–H and O–H groups in total. The number of rotatable bonds is 4. The Hall–Kier alpha value is -1.06. The first-order valence-electron chi connectivity index (χ1n) is 7.44. The van der Waals surface area contributed by atoms with Gasteiger partial charge in [-0.05, 0) is 18.3 Å². The highest BCUT2D eigenvalue weighted by Gasteiger charge is 2.44. The van der Waals surface area contributed by atoms with E-state index < -0.39 is 37.3 Å². The highest BCUT2D eigenvalue weighted by atomic mass is 16.6. The summed E-state index contributed by atoms with van der Waals surface area (Å²) in [5, 5.41) is 46.7. The first-order chi connectivity index (χ1) is 10.2. The lowest BCUT2D eigenvalue weighted by molar-refractivity contribution is -0.254. The Kier molecular flexibility index (Phi) is 5.18. The average molecular weight is 315 g/mol. The second kappa shape index (κ2) is 6.59. The van der Waals surface area contributed by atoms with Crippen LogP contribution in [-0.4, -0.2) is 66.4 Å². The summed E-state index contributed by atoms with van der Waals surface area (Å²) in [5.74, 6) is 0. The van der Waals surface area contributed by atoms with Crippen molar-refractivity contribution in [3.63, 3.8) is 0 Å². The van der Waals surface area contributed by atoms with Crippen LogP contribution in [0.25, 0.3) is 0 Å². The molecule has 0 bridgehead atoms. The van der Waals surface area contributed by atoms with E-state index in [0.717, 1.165) is 18.5 Å². The molecule has 1 aliphatic heterocycles. The van der Waals surface area contributed by atoms with Crippen LogP contribution in [0.2, 0.25) is 0 Å². The lowest BCUT2D eigenvalue weighted by Gasteiger charge is -2.39. The van der Waals surface area contributed by atoms with Crippen LogP contribution in [0.3, 0.4) is 0 Å². The largest absolute Gasteiger partial charge is 0.394 e. The van der Waals surface area contributed by atoms with Gasteiger partial charge in [0.1, 0.15) is 24.4 Å². The maximum atomic E-state index is 10.0. The Balaban J connectivity index is 2.09. The molecule has 0 amide bonds. The third kappa shape index (κ3) is 3.82. The summed E-state index contributed by atoms with van der Waals surface area (Å²) in [6.07, 6.45) is -2.77. The van der Waals surface area contributed by atoms with E-state index in [0.29, 0.717) is 0 Å². The zero-order chi connectivity index (χ0) is 16.5. The second-order valence-electron chi connectivity index (χ2n) is 6.97. The summed E-state index contributed by atoms with van der Waals surface area (Å²) in [7, 11) is 0. The molecule has 2 rings (SSSR count). The van der Waals surface area contributed by atoms with Crippen molar-refractivity contribution >= 4 is 0 Å².